The molecule has 10 heteroatoms. The first-order chi connectivity index (χ1) is 19.6. The van der Waals surface area contributed by atoms with Crippen molar-refractivity contribution in [1.82, 2.24) is 0 Å². The summed E-state index contributed by atoms with van der Waals surface area (Å²) in [5.41, 5.74) is -3.71. The van der Waals surface area contributed by atoms with Crippen LogP contribution in [-0.4, -0.2) is 62.2 Å². The zero-order valence-corrected chi connectivity index (χ0v) is 23.5. The highest BCUT2D eigenvalue weighted by Gasteiger charge is 2.68. The van der Waals surface area contributed by atoms with Gasteiger partial charge in [-0.15, -0.1) is 0 Å². The molecule has 0 saturated heterocycles. The molecule has 0 radical (unpaired) electrons. The van der Waals surface area contributed by atoms with E-state index in [2.05, 4.69) is 4.74 Å². The second-order valence-corrected chi connectivity index (χ2v) is 11.9. The number of Topliss-reactive ketones (excluding diaryl/α,β-unsaturated/α-hetero) is 4. The summed E-state index contributed by atoms with van der Waals surface area (Å²) < 4.78 is 4.47. The van der Waals surface area contributed by atoms with E-state index in [1.54, 1.807) is 37.3 Å². The number of carbonyl (C=O) groups excluding carboxylic acids is 5. The summed E-state index contributed by atoms with van der Waals surface area (Å²) in [5.74, 6) is -6.03. The second-order valence-electron chi connectivity index (χ2n) is 11.9. The molecule has 42 heavy (non-hydrogen) atoms. The molecule has 1 saturated carbocycles. The van der Waals surface area contributed by atoms with Gasteiger partial charge in [0.05, 0.1) is 12.7 Å². The predicted molar refractivity (Wildman–Crippen MR) is 148 cm³/mol. The van der Waals surface area contributed by atoms with Crippen LogP contribution in [0.25, 0.3) is 16.9 Å². The van der Waals surface area contributed by atoms with E-state index >= 15 is 0 Å². The van der Waals surface area contributed by atoms with E-state index in [0.717, 1.165) is 14.0 Å². The third-order valence-electron chi connectivity index (χ3n) is 8.95. The zero-order chi connectivity index (χ0) is 30.9. The molecule has 0 amide bonds. The normalized spacial score (nSPS) is 26.8. The van der Waals surface area contributed by atoms with Crippen molar-refractivity contribution in [3.63, 3.8) is 0 Å². The number of hydrogen-bond donors (Lipinski definition) is 4. The van der Waals surface area contributed by atoms with Crippen LogP contribution in [0.5, 0.6) is 5.75 Å². The Morgan fingerprint density at radius 1 is 0.952 bits per heavy atom. The summed E-state index contributed by atoms with van der Waals surface area (Å²) in [5, 5.41) is 45.1. The average molecular weight is 575 g/mol. The highest BCUT2D eigenvalue weighted by Crippen LogP contribution is 2.63. The molecule has 2 aromatic rings. The molecule has 0 aromatic heterocycles. The van der Waals surface area contributed by atoms with E-state index < -0.39 is 62.6 Å². The van der Waals surface area contributed by atoms with Crippen molar-refractivity contribution in [2.75, 3.05) is 7.11 Å². The van der Waals surface area contributed by atoms with Gasteiger partial charge >= 0.3 is 5.97 Å². The number of esters is 1. The Hall–Kier alpha value is -4.57. The summed E-state index contributed by atoms with van der Waals surface area (Å²) in [6.45, 7) is 4.27. The molecule has 5 rings (SSSR count). The highest BCUT2D eigenvalue weighted by molar-refractivity contribution is 6.34. The Morgan fingerprint density at radius 3 is 2.19 bits per heavy atom. The topological polar surface area (TPSA) is 176 Å². The lowest BCUT2D eigenvalue weighted by molar-refractivity contribution is -0.165. The van der Waals surface area contributed by atoms with Gasteiger partial charge in [0.25, 0.3) is 0 Å². The van der Waals surface area contributed by atoms with Gasteiger partial charge < -0.3 is 25.2 Å². The Labute approximate surface area is 240 Å². The quantitative estimate of drug-likeness (QED) is 0.236. The lowest BCUT2D eigenvalue weighted by Crippen LogP contribution is -2.65. The van der Waals surface area contributed by atoms with Crippen molar-refractivity contribution < 1.29 is 49.1 Å². The molecule has 0 heterocycles. The fourth-order valence-corrected chi connectivity index (χ4v) is 7.10. The summed E-state index contributed by atoms with van der Waals surface area (Å²) >= 11 is 0. The van der Waals surface area contributed by atoms with Gasteiger partial charge in [-0.1, -0.05) is 44.2 Å². The monoisotopic (exact) mass is 574 g/mol. The van der Waals surface area contributed by atoms with Crippen LogP contribution >= 0.6 is 0 Å². The summed E-state index contributed by atoms with van der Waals surface area (Å²) in [7, 11) is 1.13. The molecule has 218 valence electrons. The van der Waals surface area contributed by atoms with E-state index in [4.69, 9.17) is 0 Å². The second kappa shape index (κ2) is 9.49. The number of aliphatic hydroxyl groups excluding tert-OH is 2. The van der Waals surface area contributed by atoms with Crippen LogP contribution in [0.2, 0.25) is 0 Å². The van der Waals surface area contributed by atoms with Gasteiger partial charge in [0.2, 0.25) is 11.6 Å². The number of allylic oxidation sites excluding steroid dienone is 1. The van der Waals surface area contributed by atoms with Crippen LogP contribution < -0.4 is 0 Å². The Bertz CT molecular complexity index is 1680. The van der Waals surface area contributed by atoms with Crippen molar-refractivity contribution in [3.05, 3.63) is 70.0 Å². The average Bonchev–Trinajstić information content (AvgIpc) is 2.90. The molecule has 3 atom stereocenters. The Morgan fingerprint density at radius 2 is 1.60 bits per heavy atom. The number of aromatic hydroxyl groups is 1. The number of ether oxygens (including phenoxy) is 1. The van der Waals surface area contributed by atoms with Gasteiger partial charge in [0.1, 0.15) is 22.8 Å². The lowest BCUT2D eigenvalue weighted by Gasteiger charge is -2.56. The minimum absolute atomic E-state index is 0.00683. The molecule has 2 aromatic carbocycles. The maximum Gasteiger partial charge on any atom is 0.374 e. The van der Waals surface area contributed by atoms with E-state index in [1.165, 1.54) is 13.0 Å². The van der Waals surface area contributed by atoms with Crippen molar-refractivity contribution in [1.29, 1.82) is 0 Å². The number of methoxy groups -OCH3 is 1. The van der Waals surface area contributed by atoms with Crippen LogP contribution in [0.1, 0.15) is 50.3 Å². The molecule has 3 aliphatic rings. The van der Waals surface area contributed by atoms with Crippen LogP contribution in [0.15, 0.2) is 53.3 Å². The van der Waals surface area contributed by atoms with Gasteiger partial charge in [-0.2, -0.15) is 0 Å². The van der Waals surface area contributed by atoms with Gasteiger partial charge in [-0.3, -0.25) is 19.2 Å². The first kappa shape index (κ1) is 28.9. The number of ketones is 4. The van der Waals surface area contributed by atoms with Crippen LogP contribution in [0, 0.1) is 10.8 Å². The predicted octanol–water partition coefficient (Wildman–Crippen LogP) is 3.26. The van der Waals surface area contributed by atoms with Crippen LogP contribution in [0.3, 0.4) is 0 Å². The van der Waals surface area contributed by atoms with E-state index in [9.17, 15) is 44.4 Å². The molecule has 0 unspecified atom stereocenters. The first-order valence-corrected chi connectivity index (χ1v) is 13.3. The molecule has 4 N–H and O–H groups in total. The van der Waals surface area contributed by atoms with Gasteiger partial charge in [-0.25, -0.2) is 4.79 Å². The van der Waals surface area contributed by atoms with Crippen molar-refractivity contribution in [3.8, 4) is 16.9 Å². The number of rotatable bonds is 5. The molecular weight excluding hydrogens is 544 g/mol. The summed E-state index contributed by atoms with van der Waals surface area (Å²) in [6, 6.07) is 9.81. The number of fused-ring (bicyclic) bond motifs is 3. The molecule has 0 bridgehead atoms. The highest BCUT2D eigenvalue weighted by atomic mass is 16.5. The number of aliphatic hydroxyl groups is 3. The standard InChI is InChI=1S/C32H30O10/c1-15(33)23-22(36)13-31(3)14-30(2)12-19-18(17-7-5-16(6-8-17)11-21(35)29(40)42-4)9-10-20(34)24(19)26(37)25(30)28(39)32(31,41)27(23)38/h5-10,34,37-38,41H,11-14H2,1-4H3/t30-,31+,32+/m0/s1. The minimum atomic E-state index is -2.63. The molecule has 1 fully saturated rings. The number of carbonyl (C=O) groups is 5. The largest absolute Gasteiger partial charge is 0.508 e. The molecular formula is C32H30O10. The first-order valence-electron chi connectivity index (χ1n) is 13.3. The lowest BCUT2D eigenvalue weighted by atomic mass is 9.47. The van der Waals surface area contributed by atoms with Gasteiger partial charge in [-0.05, 0) is 48.1 Å². The third kappa shape index (κ3) is 3.93. The van der Waals surface area contributed by atoms with E-state index in [1.807, 2.05) is 0 Å². The van der Waals surface area contributed by atoms with Crippen molar-refractivity contribution >= 4 is 34.9 Å². The molecule has 0 spiro atoms. The molecule has 0 aliphatic heterocycles. The zero-order valence-electron chi connectivity index (χ0n) is 23.5. The Balaban J connectivity index is 1.64. The van der Waals surface area contributed by atoms with Crippen LogP contribution in [0.4, 0.5) is 0 Å². The van der Waals surface area contributed by atoms with Crippen LogP contribution in [-0.2, 0) is 41.6 Å². The van der Waals surface area contributed by atoms with E-state index in [0.29, 0.717) is 22.3 Å². The fraction of sp³-hybridized carbons (Fsp3) is 0.344. The van der Waals surface area contributed by atoms with Crippen molar-refractivity contribution in [2.24, 2.45) is 10.8 Å². The third-order valence-corrected chi connectivity index (χ3v) is 8.95. The van der Waals surface area contributed by atoms with E-state index in [-0.39, 0.29) is 42.6 Å². The maximum atomic E-state index is 14.1. The summed E-state index contributed by atoms with van der Waals surface area (Å²) in [6.07, 6.45) is -0.403. The number of phenols is 1. The summed E-state index contributed by atoms with van der Waals surface area (Å²) in [4.78, 5) is 62.6. The molecule has 10 nitrogen and oxygen atoms in total. The molecule has 3 aliphatic carbocycles. The smallest absolute Gasteiger partial charge is 0.374 e. The van der Waals surface area contributed by atoms with Gasteiger partial charge in [0, 0.05) is 29.2 Å². The fourth-order valence-electron chi connectivity index (χ4n) is 7.10. The number of phenolic OH excluding ortho intramolecular Hbond substituents is 1. The Kier molecular flexibility index (Phi) is 6.54. The van der Waals surface area contributed by atoms with Gasteiger partial charge in [0.15, 0.2) is 17.2 Å². The SMILES string of the molecule is COC(=O)C(=O)Cc1ccc(-c2ccc(O)c3c2C[C@@]2(C)C[C@@]4(C)CC(=O)C(C(C)=O)=C(O)[C@@]4(O)C(=O)C2=C3O)cc1. The number of benzene rings is 2. The minimum Gasteiger partial charge on any atom is -0.508 e. The number of hydrogen-bond acceptors (Lipinski definition) is 10. The van der Waals surface area contributed by atoms with Crippen molar-refractivity contribution in [2.45, 2.75) is 52.1 Å². The maximum absolute atomic E-state index is 14.1.